The zero-order valence-corrected chi connectivity index (χ0v) is 15.1. The number of ketones is 1. The molecule has 1 aliphatic carbocycles. The fourth-order valence-electron chi connectivity index (χ4n) is 3.60. The van der Waals surface area contributed by atoms with Crippen LogP contribution in [0.5, 0.6) is 5.75 Å². The second-order valence-electron chi connectivity index (χ2n) is 6.59. The molecule has 0 saturated carbocycles. The van der Waals surface area contributed by atoms with Gasteiger partial charge in [-0.2, -0.15) is 0 Å². The number of rotatable bonds is 3. The Morgan fingerprint density at radius 1 is 0.815 bits per heavy atom. The topological polar surface area (TPSA) is 37.3 Å². The Labute approximate surface area is 159 Å². The summed E-state index contributed by atoms with van der Waals surface area (Å²) in [7, 11) is 0. The minimum atomic E-state index is 0.0294. The Bertz CT molecular complexity index is 1070. The predicted molar refractivity (Wildman–Crippen MR) is 110 cm³/mol. The number of phenolic OH excluding ortho intramolecular Hbond substituents is 1. The van der Waals surface area contributed by atoms with Crippen LogP contribution in [0.4, 0.5) is 0 Å². The zero-order chi connectivity index (χ0) is 18.8. The molecule has 0 unspecified atom stereocenters. The van der Waals surface area contributed by atoms with E-state index in [4.69, 9.17) is 0 Å². The highest BCUT2D eigenvalue weighted by molar-refractivity contribution is 6.16. The zero-order valence-electron chi connectivity index (χ0n) is 15.1. The summed E-state index contributed by atoms with van der Waals surface area (Å²) in [6.07, 6.45) is 4.30. The number of hydrogen-bond donors (Lipinski definition) is 1. The molecule has 0 heterocycles. The first-order valence-corrected chi connectivity index (χ1v) is 9.13. The van der Waals surface area contributed by atoms with Gasteiger partial charge in [-0.05, 0) is 64.1 Å². The molecule has 1 N–H and O–H groups in total. The fourth-order valence-corrected chi connectivity index (χ4v) is 3.60. The number of aryl methyl sites for hydroxylation is 1. The Morgan fingerprint density at radius 2 is 1.52 bits per heavy atom. The third-order valence-corrected chi connectivity index (χ3v) is 4.96. The van der Waals surface area contributed by atoms with Crippen LogP contribution >= 0.6 is 0 Å². The maximum absolute atomic E-state index is 12.3. The van der Waals surface area contributed by atoms with Gasteiger partial charge in [-0.25, -0.2) is 0 Å². The van der Waals surface area contributed by atoms with Crippen LogP contribution in [-0.4, -0.2) is 10.9 Å². The van der Waals surface area contributed by atoms with Gasteiger partial charge in [0.1, 0.15) is 5.75 Å². The second kappa shape index (κ2) is 7.08. The summed E-state index contributed by atoms with van der Waals surface area (Å²) in [5.41, 5.74) is 6.75. The van der Waals surface area contributed by atoms with Crippen LogP contribution in [0, 0.1) is 0 Å². The minimum absolute atomic E-state index is 0.0294. The first-order valence-electron chi connectivity index (χ1n) is 9.13. The predicted octanol–water partition coefficient (Wildman–Crippen LogP) is 5.67. The number of benzene rings is 3. The lowest BCUT2D eigenvalue weighted by molar-refractivity contribution is 0.104. The summed E-state index contributed by atoms with van der Waals surface area (Å²) in [6.45, 7) is 2.03. The van der Waals surface area contributed by atoms with E-state index in [1.165, 1.54) is 0 Å². The number of fused-ring (bicyclic) bond motifs is 1. The Balaban J connectivity index is 2.05. The molecule has 3 aromatic rings. The molecule has 0 aromatic heterocycles. The number of allylic oxidation sites excluding steroid dienone is 3. The van der Waals surface area contributed by atoms with Crippen LogP contribution in [0.3, 0.4) is 0 Å². The summed E-state index contributed by atoms with van der Waals surface area (Å²) >= 11 is 0. The SMILES string of the molecule is CCc1cc(/C(=C2/C=CC(=O)c3ccccc32)c2ccccc2)ccc1O. The van der Waals surface area contributed by atoms with Crippen molar-refractivity contribution in [2.45, 2.75) is 13.3 Å². The van der Waals surface area contributed by atoms with E-state index < -0.39 is 0 Å². The minimum Gasteiger partial charge on any atom is -0.508 e. The molecule has 3 aromatic carbocycles. The van der Waals surface area contributed by atoms with Gasteiger partial charge < -0.3 is 5.11 Å². The Morgan fingerprint density at radius 3 is 2.26 bits per heavy atom. The smallest absolute Gasteiger partial charge is 0.186 e. The molecular weight excluding hydrogens is 332 g/mol. The molecular formula is C25H20O2. The highest BCUT2D eigenvalue weighted by atomic mass is 16.3. The van der Waals surface area contributed by atoms with Crippen LogP contribution in [0.15, 0.2) is 84.9 Å². The van der Waals surface area contributed by atoms with Gasteiger partial charge in [0.25, 0.3) is 0 Å². The van der Waals surface area contributed by atoms with E-state index in [1.807, 2.05) is 67.6 Å². The van der Waals surface area contributed by atoms with Crippen molar-refractivity contribution in [3.05, 3.63) is 113 Å². The molecule has 2 nitrogen and oxygen atoms in total. The second-order valence-corrected chi connectivity index (χ2v) is 6.59. The van der Waals surface area contributed by atoms with Crippen LogP contribution < -0.4 is 0 Å². The van der Waals surface area contributed by atoms with E-state index in [0.717, 1.165) is 45.4 Å². The van der Waals surface area contributed by atoms with Crippen molar-refractivity contribution in [3.8, 4) is 5.75 Å². The third-order valence-electron chi connectivity index (χ3n) is 4.96. The van der Waals surface area contributed by atoms with Crippen molar-refractivity contribution in [2.75, 3.05) is 0 Å². The molecule has 0 aliphatic heterocycles. The molecule has 0 fully saturated rings. The molecule has 4 rings (SSSR count). The summed E-state index contributed by atoms with van der Waals surface area (Å²) < 4.78 is 0. The van der Waals surface area contributed by atoms with Gasteiger partial charge in [0.15, 0.2) is 5.78 Å². The molecule has 0 spiro atoms. The highest BCUT2D eigenvalue weighted by Gasteiger charge is 2.20. The van der Waals surface area contributed by atoms with Crippen molar-refractivity contribution in [1.82, 2.24) is 0 Å². The van der Waals surface area contributed by atoms with Crippen LogP contribution in [0.1, 0.15) is 39.5 Å². The van der Waals surface area contributed by atoms with Gasteiger partial charge >= 0.3 is 0 Å². The monoisotopic (exact) mass is 352 g/mol. The lowest BCUT2D eigenvalue weighted by Crippen LogP contribution is -2.06. The van der Waals surface area contributed by atoms with Gasteiger partial charge in [-0.1, -0.05) is 67.6 Å². The maximum Gasteiger partial charge on any atom is 0.186 e. The van der Waals surface area contributed by atoms with Gasteiger partial charge in [-0.3, -0.25) is 4.79 Å². The molecule has 0 atom stereocenters. The van der Waals surface area contributed by atoms with Crippen molar-refractivity contribution in [2.24, 2.45) is 0 Å². The first-order chi connectivity index (χ1) is 13.2. The molecule has 1 aliphatic rings. The standard InChI is InChI=1S/C25H20O2/c1-2-17-16-19(12-14-23(17)26)25(18-8-4-3-5-9-18)22-13-15-24(27)21-11-7-6-10-20(21)22/h3-16,26H,2H2,1H3/b25-22-. The lowest BCUT2D eigenvalue weighted by atomic mass is 9.83. The molecule has 0 bridgehead atoms. The number of phenols is 1. The van der Waals surface area contributed by atoms with E-state index in [9.17, 15) is 9.90 Å². The van der Waals surface area contributed by atoms with Gasteiger partial charge in [0.2, 0.25) is 0 Å². The Kier molecular flexibility index (Phi) is 4.47. The number of carbonyl (C=O) groups is 1. The van der Waals surface area contributed by atoms with Crippen molar-refractivity contribution >= 4 is 16.9 Å². The maximum atomic E-state index is 12.3. The molecule has 2 heteroatoms. The average Bonchev–Trinajstić information content (AvgIpc) is 2.72. The molecule has 0 saturated heterocycles. The normalized spacial score (nSPS) is 14.8. The Hall–Kier alpha value is -3.39. The van der Waals surface area contributed by atoms with E-state index in [1.54, 1.807) is 12.1 Å². The highest BCUT2D eigenvalue weighted by Crippen LogP contribution is 2.38. The average molecular weight is 352 g/mol. The molecule has 132 valence electrons. The fraction of sp³-hybridized carbons (Fsp3) is 0.0800. The summed E-state index contributed by atoms with van der Waals surface area (Å²) in [6, 6.07) is 23.6. The van der Waals surface area contributed by atoms with Crippen molar-refractivity contribution in [3.63, 3.8) is 0 Å². The first kappa shape index (κ1) is 17.0. The van der Waals surface area contributed by atoms with Crippen LogP contribution in [0.25, 0.3) is 11.1 Å². The molecule has 0 radical (unpaired) electrons. The van der Waals surface area contributed by atoms with E-state index in [-0.39, 0.29) is 5.78 Å². The van der Waals surface area contributed by atoms with Crippen molar-refractivity contribution < 1.29 is 9.90 Å². The summed E-state index contributed by atoms with van der Waals surface area (Å²) in [5.74, 6) is 0.343. The third kappa shape index (κ3) is 3.11. The van der Waals surface area contributed by atoms with Gasteiger partial charge in [0, 0.05) is 5.56 Å². The molecule has 0 amide bonds. The van der Waals surface area contributed by atoms with Crippen LogP contribution in [0.2, 0.25) is 0 Å². The number of carbonyl (C=O) groups excluding carboxylic acids is 1. The van der Waals surface area contributed by atoms with E-state index in [2.05, 4.69) is 12.1 Å². The quantitative estimate of drug-likeness (QED) is 0.660. The van der Waals surface area contributed by atoms with E-state index >= 15 is 0 Å². The summed E-state index contributed by atoms with van der Waals surface area (Å²) in [5, 5.41) is 10.1. The van der Waals surface area contributed by atoms with E-state index in [0.29, 0.717) is 5.75 Å². The molecule has 27 heavy (non-hydrogen) atoms. The largest absolute Gasteiger partial charge is 0.508 e. The lowest BCUT2D eigenvalue weighted by Gasteiger charge is -2.20. The summed E-state index contributed by atoms with van der Waals surface area (Å²) in [4.78, 5) is 12.3. The van der Waals surface area contributed by atoms with Gasteiger partial charge in [-0.15, -0.1) is 0 Å². The van der Waals surface area contributed by atoms with Crippen molar-refractivity contribution in [1.29, 1.82) is 0 Å². The number of aromatic hydroxyl groups is 1. The number of hydrogen-bond acceptors (Lipinski definition) is 2. The van der Waals surface area contributed by atoms with Crippen LogP contribution in [-0.2, 0) is 6.42 Å². The van der Waals surface area contributed by atoms with Gasteiger partial charge in [0.05, 0.1) is 0 Å².